The van der Waals surface area contributed by atoms with Crippen LogP contribution in [0.25, 0.3) is 17.0 Å². The summed E-state index contributed by atoms with van der Waals surface area (Å²) in [5.74, 6) is -2.21. The first-order valence-electron chi connectivity index (χ1n) is 19.0. The summed E-state index contributed by atoms with van der Waals surface area (Å²) in [5, 5.41) is 7.16. The molecule has 4 aliphatic heterocycles. The van der Waals surface area contributed by atoms with Crippen molar-refractivity contribution in [3.63, 3.8) is 0 Å². The number of nitrogens with zero attached hydrogens (tertiary/aromatic N) is 8. The average Bonchev–Trinajstić information content (AvgIpc) is 3.92. The molecule has 0 aliphatic carbocycles. The maximum absolute atomic E-state index is 15.4. The Balaban J connectivity index is 0.866. The number of hydrogen-bond donors (Lipinski definition) is 1. The zero-order chi connectivity index (χ0) is 38.7. The number of halogens is 2. The topological polar surface area (TPSA) is 136 Å². The van der Waals surface area contributed by atoms with Crippen molar-refractivity contribution < 1.29 is 28.0 Å². The summed E-state index contributed by atoms with van der Waals surface area (Å²) in [7, 11) is 1.96. The standard InChI is InChI=1S/C41H39F2N9O4/c1-48(23-24-19-28-38(29(43)20-24)41(56)51(40(28)55)32-10-13-37(53)46-39(32)54)27-14-17-49(18-15-27)35-9-3-7-30(45-35)33-22-44-34-11-12-36(47-52(33)34)50-16-4-8-31(50)25-5-2-6-26(42)21-25/h2-3,5-7,9,11-12,19-22,27,31-32H,4,8,10,13-18,23H2,1H3,(H,46,53,54)/t31-,32?/m1/s1. The van der Waals surface area contributed by atoms with Crippen LogP contribution in [0.3, 0.4) is 0 Å². The molecule has 15 heteroatoms. The van der Waals surface area contributed by atoms with E-state index in [0.29, 0.717) is 17.8 Å². The first kappa shape index (κ1) is 35.6. The molecular formula is C41H39F2N9O4. The molecule has 0 bridgehead atoms. The van der Waals surface area contributed by atoms with Crippen molar-refractivity contribution in [2.24, 2.45) is 0 Å². The van der Waals surface area contributed by atoms with Gasteiger partial charge >= 0.3 is 0 Å². The van der Waals surface area contributed by atoms with Crippen LogP contribution in [0.15, 0.2) is 72.9 Å². The number of piperidine rings is 2. The van der Waals surface area contributed by atoms with Gasteiger partial charge in [0.25, 0.3) is 11.8 Å². The maximum Gasteiger partial charge on any atom is 0.265 e. The molecule has 7 heterocycles. The highest BCUT2D eigenvalue weighted by atomic mass is 19.1. The van der Waals surface area contributed by atoms with E-state index < -0.39 is 35.5 Å². The van der Waals surface area contributed by atoms with Crippen LogP contribution in [0.1, 0.15) is 76.4 Å². The van der Waals surface area contributed by atoms with Crippen molar-refractivity contribution in [1.29, 1.82) is 0 Å². The number of hydrogen-bond acceptors (Lipinski definition) is 10. The number of amides is 4. The normalized spacial score (nSPS) is 20.5. The second kappa shape index (κ2) is 14.2. The van der Waals surface area contributed by atoms with Gasteiger partial charge in [-0.3, -0.25) is 34.3 Å². The molecule has 5 aromatic rings. The summed E-state index contributed by atoms with van der Waals surface area (Å²) in [5.41, 5.74) is 3.29. The van der Waals surface area contributed by atoms with E-state index in [1.807, 2.05) is 48.0 Å². The van der Waals surface area contributed by atoms with Crippen LogP contribution in [0.4, 0.5) is 20.4 Å². The minimum atomic E-state index is -1.16. The fraction of sp³-hybridized carbons (Fsp3) is 0.341. The fourth-order valence-corrected chi connectivity index (χ4v) is 8.68. The number of rotatable bonds is 8. The Bertz CT molecular complexity index is 2410. The molecule has 0 saturated carbocycles. The van der Waals surface area contributed by atoms with Crippen molar-refractivity contribution in [1.82, 2.24) is 34.7 Å². The summed E-state index contributed by atoms with van der Waals surface area (Å²) in [6.07, 6.45) is 5.31. The lowest BCUT2D eigenvalue weighted by Gasteiger charge is -2.37. The highest BCUT2D eigenvalue weighted by Gasteiger charge is 2.46. The molecule has 3 fully saturated rings. The Morgan fingerprint density at radius 2 is 1.68 bits per heavy atom. The third kappa shape index (κ3) is 6.34. The lowest BCUT2D eigenvalue weighted by molar-refractivity contribution is -0.136. The quantitative estimate of drug-likeness (QED) is 0.218. The summed E-state index contributed by atoms with van der Waals surface area (Å²) in [6.45, 7) is 2.65. The van der Waals surface area contributed by atoms with E-state index in [0.717, 1.165) is 78.8 Å². The molecule has 4 amide bonds. The molecule has 4 aliphatic rings. The van der Waals surface area contributed by atoms with Gasteiger partial charge in [-0.15, -0.1) is 5.10 Å². The summed E-state index contributed by atoms with van der Waals surface area (Å²) >= 11 is 0. The van der Waals surface area contributed by atoms with E-state index >= 15 is 4.39 Å². The number of fused-ring (bicyclic) bond motifs is 2. The number of anilines is 2. The Morgan fingerprint density at radius 3 is 2.48 bits per heavy atom. The minimum Gasteiger partial charge on any atom is -0.356 e. The van der Waals surface area contributed by atoms with Crippen LogP contribution in [0.2, 0.25) is 0 Å². The van der Waals surface area contributed by atoms with Gasteiger partial charge in [-0.2, -0.15) is 0 Å². The van der Waals surface area contributed by atoms with Crippen LogP contribution in [0, 0.1) is 11.6 Å². The van der Waals surface area contributed by atoms with Gasteiger partial charge in [-0.05, 0) is 98.8 Å². The monoisotopic (exact) mass is 759 g/mol. The number of benzene rings is 2. The van der Waals surface area contributed by atoms with Crippen molar-refractivity contribution in [2.45, 2.75) is 63.2 Å². The second-order valence-corrected chi connectivity index (χ2v) is 15.0. The molecule has 0 radical (unpaired) electrons. The van der Waals surface area contributed by atoms with E-state index in [2.05, 4.69) is 25.0 Å². The third-order valence-electron chi connectivity index (χ3n) is 11.5. The zero-order valence-corrected chi connectivity index (χ0v) is 30.7. The first-order chi connectivity index (χ1) is 27.1. The second-order valence-electron chi connectivity index (χ2n) is 15.0. The molecule has 13 nitrogen and oxygen atoms in total. The van der Waals surface area contributed by atoms with Crippen LogP contribution in [-0.4, -0.2) is 91.8 Å². The number of carbonyl (C=O) groups excluding carboxylic acids is 4. The maximum atomic E-state index is 15.4. The van der Waals surface area contributed by atoms with Crippen LogP contribution < -0.4 is 15.1 Å². The zero-order valence-electron chi connectivity index (χ0n) is 30.7. The van der Waals surface area contributed by atoms with Crippen molar-refractivity contribution in [2.75, 3.05) is 36.5 Å². The summed E-state index contributed by atoms with van der Waals surface area (Å²) in [4.78, 5) is 67.5. The van der Waals surface area contributed by atoms with E-state index in [4.69, 9.17) is 10.1 Å². The first-order valence-corrected chi connectivity index (χ1v) is 19.0. The van der Waals surface area contributed by atoms with Gasteiger partial charge in [0.05, 0.1) is 29.1 Å². The van der Waals surface area contributed by atoms with Gasteiger partial charge in [0.1, 0.15) is 35.0 Å². The fourth-order valence-electron chi connectivity index (χ4n) is 8.68. The number of aromatic nitrogens is 4. The Labute approximate surface area is 320 Å². The molecule has 9 rings (SSSR count). The molecule has 3 saturated heterocycles. The molecule has 286 valence electrons. The molecule has 2 aromatic carbocycles. The molecule has 1 unspecified atom stereocenters. The number of nitrogens with one attached hydrogen (secondary N) is 1. The van der Waals surface area contributed by atoms with E-state index in [-0.39, 0.29) is 41.9 Å². The molecule has 3 aromatic heterocycles. The summed E-state index contributed by atoms with van der Waals surface area (Å²) < 4.78 is 31.3. The predicted octanol–water partition coefficient (Wildman–Crippen LogP) is 4.91. The number of imidazole rings is 1. The predicted molar refractivity (Wildman–Crippen MR) is 202 cm³/mol. The van der Waals surface area contributed by atoms with Gasteiger partial charge in [0, 0.05) is 38.6 Å². The van der Waals surface area contributed by atoms with Crippen LogP contribution >= 0.6 is 0 Å². The lowest BCUT2D eigenvalue weighted by Crippen LogP contribution is -2.54. The average molecular weight is 760 g/mol. The smallest absolute Gasteiger partial charge is 0.265 e. The summed E-state index contributed by atoms with van der Waals surface area (Å²) in [6, 6.07) is 18.5. The molecule has 56 heavy (non-hydrogen) atoms. The molecule has 0 spiro atoms. The van der Waals surface area contributed by atoms with Crippen molar-refractivity contribution in [3.05, 3.63) is 107 Å². The van der Waals surface area contributed by atoms with Gasteiger partial charge in [0.15, 0.2) is 5.65 Å². The van der Waals surface area contributed by atoms with Gasteiger partial charge in [0.2, 0.25) is 11.8 Å². The van der Waals surface area contributed by atoms with Crippen molar-refractivity contribution >= 4 is 40.9 Å². The Kier molecular flexibility index (Phi) is 9.03. The lowest BCUT2D eigenvalue weighted by atomic mass is 10.0. The number of imide groups is 2. The third-order valence-corrected chi connectivity index (χ3v) is 11.5. The number of carbonyl (C=O) groups is 4. The van der Waals surface area contributed by atoms with Gasteiger partial charge in [-0.25, -0.2) is 23.3 Å². The molecule has 2 atom stereocenters. The van der Waals surface area contributed by atoms with Crippen molar-refractivity contribution in [3.8, 4) is 11.4 Å². The molecular weight excluding hydrogens is 721 g/mol. The number of pyridine rings is 1. The van der Waals surface area contributed by atoms with E-state index in [1.54, 1.807) is 18.3 Å². The minimum absolute atomic E-state index is 0.00409. The van der Waals surface area contributed by atoms with E-state index in [9.17, 15) is 23.6 Å². The van der Waals surface area contributed by atoms with Gasteiger partial charge in [-0.1, -0.05) is 18.2 Å². The SMILES string of the molecule is CN(Cc1cc(F)c2c(c1)C(=O)N(C1CCC(=O)NC1=O)C2=O)C1CCN(c2cccc(-c3cnc4ccc(N5CCC[C@@H]5c5cccc(F)c5)nn34)n2)CC1. The largest absolute Gasteiger partial charge is 0.356 e. The van der Waals surface area contributed by atoms with Crippen LogP contribution in [0.5, 0.6) is 0 Å². The van der Waals surface area contributed by atoms with Gasteiger partial charge < -0.3 is 9.80 Å². The Morgan fingerprint density at radius 1 is 0.857 bits per heavy atom. The highest BCUT2D eigenvalue weighted by Crippen LogP contribution is 2.36. The highest BCUT2D eigenvalue weighted by molar-refractivity contribution is 6.23. The molecule has 1 N–H and O–H groups in total. The van der Waals surface area contributed by atoms with Crippen LogP contribution in [-0.2, 0) is 16.1 Å². The Hall–Kier alpha value is -6.09. The van der Waals surface area contributed by atoms with E-state index in [1.165, 1.54) is 18.2 Å².